The summed E-state index contributed by atoms with van der Waals surface area (Å²) in [5.41, 5.74) is 2.21. The van der Waals surface area contributed by atoms with Gasteiger partial charge in [-0.1, -0.05) is 12.1 Å². The van der Waals surface area contributed by atoms with Gasteiger partial charge in [-0.25, -0.2) is 0 Å². The molecule has 1 heterocycles. The summed E-state index contributed by atoms with van der Waals surface area (Å²) in [7, 11) is 4.89. The quantitative estimate of drug-likeness (QED) is 0.673. The summed E-state index contributed by atoms with van der Waals surface area (Å²) in [6.07, 6.45) is 0.546. The normalized spacial score (nSPS) is 13.6. The van der Waals surface area contributed by atoms with Crippen LogP contribution in [0.5, 0.6) is 11.5 Å². The van der Waals surface area contributed by atoms with Crippen LogP contribution < -0.4 is 9.47 Å². The Bertz CT molecular complexity index is 907. The van der Waals surface area contributed by atoms with Crippen molar-refractivity contribution >= 4 is 17.7 Å². The van der Waals surface area contributed by atoms with E-state index >= 15 is 0 Å². The third-order valence-corrected chi connectivity index (χ3v) is 4.94. The Hall–Kier alpha value is -3.35. The van der Waals surface area contributed by atoms with Gasteiger partial charge in [0, 0.05) is 43.6 Å². The minimum atomic E-state index is -0.150. The summed E-state index contributed by atoms with van der Waals surface area (Å²) >= 11 is 0. The second-order valence-corrected chi connectivity index (χ2v) is 6.91. The number of hydrogen-bond acceptors (Lipinski definition) is 5. The molecule has 0 bridgehead atoms. The maximum Gasteiger partial charge on any atom is 0.253 e. The molecule has 29 heavy (non-hydrogen) atoms. The average molecular weight is 396 g/mol. The van der Waals surface area contributed by atoms with E-state index in [0.717, 1.165) is 11.1 Å². The summed E-state index contributed by atoms with van der Waals surface area (Å²) < 4.78 is 10.6. The fourth-order valence-corrected chi connectivity index (χ4v) is 3.26. The molecule has 152 valence electrons. The van der Waals surface area contributed by atoms with Crippen molar-refractivity contribution in [2.75, 3.05) is 21.3 Å². The molecule has 1 fully saturated rings. The Kier molecular flexibility index (Phi) is 6.16. The van der Waals surface area contributed by atoms with Gasteiger partial charge in [0.1, 0.15) is 11.5 Å². The van der Waals surface area contributed by atoms with Gasteiger partial charge >= 0.3 is 0 Å². The molecule has 1 aliphatic heterocycles. The lowest BCUT2D eigenvalue weighted by Crippen LogP contribution is -2.28. The SMILES string of the molecule is COc1ccc(CN(C)C(=O)c2ccc(CN3C(=O)CCC3=O)cc2)c(OC)c1. The van der Waals surface area contributed by atoms with Crippen molar-refractivity contribution in [3.63, 3.8) is 0 Å². The Morgan fingerprint density at radius 2 is 1.66 bits per heavy atom. The highest BCUT2D eigenvalue weighted by atomic mass is 16.5. The summed E-state index contributed by atoms with van der Waals surface area (Å²) in [5.74, 6) is 0.902. The van der Waals surface area contributed by atoms with Crippen LogP contribution in [0.2, 0.25) is 0 Å². The lowest BCUT2D eigenvalue weighted by molar-refractivity contribution is -0.139. The van der Waals surface area contributed by atoms with Crippen LogP contribution in [0.15, 0.2) is 42.5 Å². The van der Waals surface area contributed by atoms with Crippen molar-refractivity contribution in [3.05, 3.63) is 59.2 Å². The number of hydrogen-bond donors (Lipinski definition) is 0. The van der Waals surface area contributed by atoms with Gasteiger partial charge in [0.25, 0.3) is 5.91 Å². The minimum absolute atomic E-state index is 0.136. The topological polar surface area (TPSA) is 76.2 Å². The van der Waals surface area contributed by atoms with E-state index in [1.165, 1.54) is 4.90 Å². The molecule has 0 aromatic heterocycles. The number of carbonyl (C=O) groups is 3. The molecule has 3 amide bonds. The Labute approximate surface area is 169 Å². The van der Waals surface area contributed by atoms with Gasteiger partial charge in [-0.15, -0.1) is 0 Å². The number of nitrogens with zero attached hydrogens (tertiary/aromatic N) is 2. The fraction of sp³-hybridized carbons (Fsp3) is 0.318. The Morgan fingerprint density at radius 3 is 2.24 bits per heavy atom. The van der Waals surface area contributed by atoms with Crippen molar-refractivity contribution in [1.29, 1.82) is 0 Å². The molecular formula is C22H24N2O5. The van der Waals surface area contributed by atoms with Gasteiger partial charge in [-0.2, -0.15) is 0 Å². The van der Waals surface area contributed by atoms with Crippen LogP contribution in [0, 0.1) is 0 Å². The maximum absolute atomic E-state index is 12.8. The Balaban J connectivity index is 1.67. The smallest absolute Gasteiger partial charge is 0.253 e. The Morgan fingerprint density at radius 1 is 1.00 bits per heavy atom. The first kappa shape index (κ1) is 20.4. The molecule has 7 heteroatoms. The van der Waals surface area contributed by atoms with Crippen molar-refractivity contribution < 1.29 is 23.9 Å². The number of ether oxygens (including phenoxy) is 2. The van der Waals surface area contributed by atoms with E-state index in [0.29, 0.717) is 23.6 Å². The molecule has 0 N–H and O–H groups in total. The molecule has 1 saturated heterocycles. The van der Waals surface area contributed by atoms with Crippen LogP contribution >= 0.6 is 0 Å². The molecule has 0 spiro atoms. The van der Waals surface area contributed by atoms with Crippen LogP contribution in [0.1, 0.15) is 34.3 Å². The predicted octanol–water partition coefficient (Wildman–Crippen LogP) is 2.63. The standard InChI is InChI=1S/C22H24N2O5/c1-23(14-17-8-9-18(28-2)12-19(17)29-3)22(27)16-6-4-15(5-7-16)13-24-20(25)10-11-21(24)26/h4-9,12H,10-11,13-14H2,1-3H3. The molecular weight excluding hydrogens is 372 g/mol. The van der Waals surface area contributed by atoms with E-state index in [9.17, 15) is 14.4 Å². The zero-order valence-corrected chi connectivity index (χ0v) is 16.8. The lowest BCUT2D eigenvalue weighted by Gasteiger charge is -2.20. The van der Waals surface area contributed by atoms with E-state index in [1.54, 1.807) is 56.5 Å². The predicted molar refractivity (Wildman–Crippen MR) is 107 cm³/mol. The second-order valence-electron chi connectivity index (χ2n) is 6.91. The van der Waals surface area contributed by atoms with Gasteiger partial charge in [0.15, 0.2) is 0 Å². The summed E-state index contributed by atoms with van der Waals surface area (Å²) in [6, 6.07) is 12.4. The number of imide groups is 1. The van der Waals surface area contributed by atoms with E-state index < -0.39 is 0 Å². The fourth-order valence-electron chi connectivity index (χ4n) is 3.26. The van der Waals surface area contributed by atoms with Crippen LogP contribution in [0.25, 0.3) is 0 Å². The summed E-state index contributed by atoms with van der Waals surface area (Å²) in [5, 5.41) is 0. The summed E-state index contributed by atoms with van der Waals surface area (Å²) in [4.78, 5) is 39.1. The number of amides is 3. The van der Waals surface area contributed by atoms with Gasteiger partial charge in [0.2, 0.25) is 11.8 Å². The number of rotatable bonds is 7. The van der Waals surface area contributed by atoms with Gasteiger partial charge in [-0.3, -0.25) is 19.3 Å². The average Bonchev–Trinajstić information content (AvgIpc) is 3.06. The molecule has 3 rings (SSSR count). The largest absolute Gasteiger partial charge is 0.497 e. The highest BCUT2D eigenvalue weighted by Gasteiger charge is 2.28. The molecule has 7 nitrogen and oxygen atoms in total. The van der Waals surface area contributed by atoms with Crippen molar-refractivity contribution in [2.45, 2.75) is 25.9 Å². The van der Waals surface area contributed by atoms with Crippen molar-refractivity contribution in [3.8, 4) is 11.5 Å². The van der Waals surface area contributed by atoms with Crippen LogP contribution in [-0.2, 0) is 22.7 Å². The third-order valence-electron chi connectivity index (χ3n) is 4.94. The number of methoxy groups -OCH3 is 2. The zero-order valence-electron chi connectivity index (χ0n) is 16.8. The van der Waals surface area contributed by atoms with E-state index in [-0.39, 0.29) is 37.1 Å². The highest BCUT2D eigenvalue weighted by Crippen LogP contribution is 2.26. The first-order valence-corrected chi connectivity index (χ1v) is 9.31. The molecule has 0 radical (unpaired) electrons. The minimum Gasteiger partial charge on any atom is -0.497 e. The first-order valence-electron chi connectivity index (χ1n) is 9.31. The molecule has 2 aromatic carbocycles. The van der Waals surface area contributed by atoms with Crippen LogP contribution in [-0.4, -0.2) is 48.8 Å². The molecule has 1 aliphatic rings. The third kappa shape index (κ3) is 4.56. The second kappa shape index (κ2) is 8.77. The molecule has 0 saturated carbocycles. The van der Waals surface area contributed by atoms with E-state index in [4.69, 9.17) is 9.47 Å². The van der Waals surface area contributed by atoms with Crippen LogP contribution in [0.3, 0.4) is 0 Å². The van der Waals surface area contributed by atoms with Crippen LogP contribution in [0.4, 0.5) is 0 Å². The monoisotopic (exact) mass is 396 g/mol. The molecule has 0 atom stereocenters. The zero-order chi connectivity index (χ0) is 21.0. The van der Waals surface area contributed by atoms with Crippen molar-refractivity contribution in [2.24, 2.45) is 0 Å². The molecule has 2 aromatic rings. The number of benzene rings is 2. The maximum atomic E-state index is 12.8. The lowest BCUT2D eigenvalue weighted by atomic mass is 10.1. The van der Waals surface area contributed by atoms with Gasteiger partial charge in [-0.05, 0) is 29.8 Å². The highest BCUT2D eigenvalue weighted by molar-refractivity contribution is 6.01. The van der Waals surface area contributed by atoms with Crippen molar-refractivity contribution in [1.82, 2.24) is 9.80 Å². The van der Waals surface area contributed by atoms with Gasteiger partial charge < -0.3 is 14.4 Å². The number of likely N-dealkylation sites (tertiary alicyclic amines) is 1. The van der Waals surface area contributed by atoms with Gasteiger partial charge in [0.05, 0.1) is 20.8 Å². The summed E-state index contributed by atoms with van der Waals surface area (Å²) in [6.45, 7) is 0.621. The molecule has 0 unspecified atom stereocenters. The van der Waals surface area contributed by atoms with E-state index in [2.05, 4.69) is 0 Å². The number of carbonyl (C=O) groups excluding carboxylic acids is 3. The first-order chi connectivity index (χ1) is 13.9. The van der Waals surface area contributed by atoms with E-state index in [1.807, 2.05) is 12.1 Å². The molecule has 0 aliphatic carbocycles.